The Hall–Kier alpha value is -0.520. The van der Waals surface area contributed by atoms with Crippen molar-refractivity contribution in [1.29, 1.82) is 0 Å². The third kappa shape index (κ3) is 24.4. The molecule has 0 aromatic heterocycles. The van der Waals surface area contributed by atoms with Crippen LogP contribution in [0.15, 0.2) is 25.3 Å². The maximum atomic E-state index is 3.94. The normalized spacial score (nSPS) is 12.2. The molecular weight excluding hydrogens is 396 g/mol. The highest BCUT2D eigenvalue weighted by atomic mass is 14.2. The molecule has 0 spiro atoms. The summed E-state index contributed by atoms with van der Waals surface area (Å²) in [5, 5.41) is 0. The third-order valence-electron chi connectivity index (χ3n) is 7.75. The number of allylic oxidation sites excluding steroid dienone is 2. The molecule has 0 aromatic carbocycles. The second-order valence-electron chi connectivity index (χ2n) is 12.3. The van der Waals surface area contributed by atoms with Crippen LogP contribution in [0, 0.1) is 10.8 Å². The minimum atomic E-state index is 0.336. The second-order valence-corrected chi connectivity index (χ2v) is 12.3. The molecule has 33 heavy (non-hydrogen) atoms. The first-order valence-corrected chi connectivity index (χ1v) is 15.1. The Bertz CT molecular complexity index is 387. The van der Waals surface area contributed by atoms with E-state index in [1.807, 2.05) is 0 Å². The van der Waals surface area contributed by atoms with Gasteiger partial charge in [0.05, 0.1) is 0 Å². The van der Waals surface area contributed by atoms with Crippen LogP contribution in [0.25, 0.3) is 0 Å². The van der Waals surface area contributed by atoms with E-state index in [1.165, 1.54) is 148 Å². The molecule has 0 aliphatic rings. The zero-order valence-electron chi connectivity index (χ0n) is 23.8. The topological polar surface area (TPSA) is 0 Å². The molecular formula is C33H64. The Morgan fingerprint density at radius 3 is 0.636 bits per heavy atom. The molecule has 0 nitrogen and oxygen atoms in total. The molecule has 0 aromatic rings. The number of hydrogen-bond donors (Lipinski definition) is 0. The molecule has 0 saturated heterocycles. The van der Waals surface area contributed by atoms with Crippen LogP contribution in [0.5, 0.6) is 0 Å². The van der Waals surface area contributed by atoms with Gasteiger partial charge in [-0.3, -0.25) is 0 Å². The first kappa shape index (κ1) is 32.5. The molecule has 0 N–H and O–H groups in total. The Kier molecular flexibility index (Phi) is 21.6. The second kappa shape index (κ2) is 22.0. The van der Waals surface area contributed by atoms with Gasteiger partial charge < -0.3 is 0 Å². The van der Waals surface area contributed by atoms with Crippen LogP contribution in [0.4, 0.5) is 0 Å². The van der Waals surface area contributed by atoms with Gasteiger partial charge in [-0.05, 0) is 23.7 Å². The number of unbranched alkanes of at least 4 members (excludes halogenated alkanes) is 20. The van der Waals surface area contributed by atoms with Gasteiger partial charge in [0, 0.05) is 0 Å². The van der Waals surface area contributed by atoms with Gasteiger partial charge in [0.25, 0.3) is 0 Å². The summed E-state index contributed by atoms with van der Waals surface area (Å²) in [6.07, 6.45) is 37.2. The Morgan fingerprint density at radius 1 is 0.333 bits per heavy atom. The predicted octanol–water partition coefficient (Wildman–Crippen LogP) is 12.4. The van der Waals surface area contributed by atoms with Gasteiger partial charge in [0.15, 0.2) is 0 Å². The van der Waals surface area contributed by atoms with Crippen LogP contribution in [0.2, 0.25) is 0 Å². The smallest absolute Gasteiger partial charge is 0.0178 e. The lowest BCUT2D eigenvalue weighted by Crippen LogP contribution is -2.05. The summed E-state index contributed by atoms with van der Waals surface area (Å²) in [6, 6.07) is 0. The SMILES string of the molecule is C=CC(C)(C)CCCCCCCCCCCCCCCCCCCCCCCC(C)(C)C=C. The molecule has 0 rings (SSSR count). The lowest BCUT2D eigenvalue weighted by Gasteiger charge is -2.18. The lowest BCUT2D eigenvalue weighted by atomic mass is 9.87. The standard InChI is InChI=1S/C33H64/c1-7-32(3,4)30-28-26-24-22-20-18-16-14-12-10-9-11-13-15-17-19-21-23-25-27-29-31-33(5,6)8-2/h7-8H,1-2,9-31H2,3-6H3. The molecule has 0 fully saturated rings. The predicted molar refractivity (Wildman–Crippen MR) is 154 cm³/mol. The van der Waals surface area contributed by atoms with E-state index in [-0.39, 0.29) is 0 Å². The summed E-state index contributed by atoms with van der Waals surface area (Å²) < 4.78 is 0. The average Bonchev–Trinajstić information content (AvgIpc) is 2.79. The van der Waals surface area contributed by atoms with Gasteiger partial charge in [0.2, 0.25) is 0 Å². The molecule has 0 bridgehead atoms. The first-order chi connectivity index (χ1) is 15.8. The van der Waals surface area contributed by atoms with Crippen LogP contribution in [0.3, 0.4) is 0 Å². The van der Waals surface area contributed by atoms with Crippen molar-refractivity contribution in [2.45, 2.75) is 175 Å². The lowest BCUT2D eigenvalue weighted by molar-refractivity contribution is 0.407. The highest BCUT2D eigenvalue weighted by Crippen LogP contribution is 2.26. The molecule has 0 heterocycles. The van der Waals surface area contributed by atoms with Crippen molar-refractivity contribution in [2.24, 2.45) is 10.8 Å². The minimum absolute atomic E-state index is 0.336. The first-order valence-electron chi connectivity index (χ1n) is 15.1. The number of hydrogen-bond acceptors (Lipinski definition) is 0. The van der Waals surface area contributed by atoms with Crippen LogP contribution in [0.1, 0.15) is 175 Å². The fourth-order valence-electron chi connectivity index (χ4n) is 4.72. The van der Waals surface area contributed by atoms with Gasteiger partial charge in [-0.2, -0.15) is 0 Å². The molecule has 0 amide bonds. The van der Waals surface area contributed by atoms with Crippen LogP contribution >= 0.6 is 0 Å². The molecule has 0 atom stereocenters. The summed E-state index contributed by atoms with van der Waals surface area (Å²) >= 11 is 0. The van der Waals surface area contributed by atoms with Crippen molar-refractivity contribution in [3.63, 3.8) is 0 Å². The van der Waals surface area contributed by atoms with E-state index in [0.29, 0.717) is 10.8 Å². The van der Waals surface area contributed by atoms with Crippen molar-refractivity contribution in [1.82, 2.24) is 0 Å². The van der Waals surface area contributed by atoms with Crippen LogP contribution in [-0.2, 0) is 0 Å². The molecule has 0 aliphatic carbocycles. The van der Waals surface area contributed by atoms with Gasteiger partial charge in [0.1, 0.15) is 0 Å². The minimum Gasteiger partial charge on any atom is -0.103 e. The Labute approximate surface area is 211 Å². The van der Waals surface area contributed by atoms with Crippen LogP contribution in [-0.4, -0.2) is 0 Å². The summed E-state index contributed by atoms with van der Waals surface area (Å²) in [5.74, 6) is 0. The summed E-state index contributed by atoms with van der Waals surface area (Å²) in [4.78, 5) is 0. The molecule has 0 radical (unpaired) electrons. The van der Waals surface area contributed by atoms with Crippen molar-refractivity contribution in [3.05, 3.63) is 25.3 Å². The number of rotatable bonds is 26. The van der Waals surface area contributed by atoms with Crippen molar-refractivity contribution in [2.75, 3.05) is 0 Å². The molecule has 0 unspecified atom stereocenters. The van der Waals surface area contributed by atoms with E-state index >= 15 is 0 Å². The van der Waals surface area contributed by atoms with E-state index in [9.17, 15) is 0 Å². The quantitative estimate of drug-likeness (QED) is 0.0888. The fraction of sp³-hybridized carbons (Fsp3) is 0.879. The van der Waals surface area contributed by atoms with Gasteiger partial charge in [-0.15, -0.1) is 13.2 Å². The van der Waals surface area contributed by atoms with E-state index in [2.05, 4.69) is 53.0 Å². The fourth-order valence-corrected chi connectivity index (χ4v) is 4.72. The molecule has 0 saturated carbocycles. The molecule has 196 valence electrons. The van der Waals surface area contributed by atoms with Gasteiger partial charge >= 0.3 is 0 Å². The van der Waals surface area contributed by atoms with Crippen molar-refractivity contribution in [3.8, 4) is 0 Å². The third-order valence-corrected chi connectivity index (χ3v) is 7.75. The van der Waals surface area contributed by atoms with Gasteiger partial charge in [-0.25, -0.2) is 0 Å². The van der Waals surface area contributed by atoms with E-state index in [1.54, 1.807) is 0 Å². The van der Waals surface area contributed by atoms with Gasteiger partial charge in [-0.1, -0.05) is 175 Å². The van der Waals surface area contributed by atoms with Crippen molar-refractivity contribution >= 4 is 0 Å². The average molecular weight is 461 g/mol. The summed E-state index contributed by atoms with van der Waals surface area (Å²) in [6.45, 7) is 17.1. The van der Waals surface area contributed by atoms with Crippen molar-refractivity contribution < 1.29 is 0 Å². The van der Waals surface area contributed by atoms with E-state index < -0.39 is 0 Å². The molecule has 0 aliphatic heterocycles. The van der Waals surface area contributed by atoms with E-state index in [0.717, 1.165) is 0 Å². The Balaban J connectivity index is 3.13. The van der Waals surface area contributed by atoms with Crippen LogP contribution < -0.4 is 0 Å². The summed E-state index contributed by atoms with van der Waals surface area (Å²) in [5.41, 5.74) is 0.673. The van der Waals surface area contributed by atoms with E-state index in [4.69, 9.17) is 0 Å². The zero-order valence-corrected chi connectivity index (χ0v) is 23.8. The summed E-state index contributed by atoms with van der Waals surface area (Å²) in [7, 11) is 0. The molecule has 0 heteroatoms. The maximum Gasteiger partial charge on any atom is -0.0178 e. The largest absolute Gasteiger partial charge is 0.103 e. The monoisotopic (exact) mass is 461 g/mol. The highest BCUT2D eigenvalue weighted by molar-refractivity contribution is 4.87. The highest BCUT2D eigenvalue weighted by Gasteiger charge is 2.12. The zero-order chi connectivity index (χ0) is 24.7. The maximum absolute atomic E-state index is 3.94. The Morgan fingerprint density at radius 2 is 0.485 bits per heavy atom.